The molecule has 0 saturated carbocycles. The molecule has 0 fully saturated rings. The van der Waals surface area contributed by atoms with Gasteiger partial charge in [-0.05, 0) is 20.3 Å². The SMILES string of the molecule is CCOC(=O)CCOCCOC(C)CC. The normalized spacial score (nSPS) is 12.5. The number of hydrogen-bond acceptors (Lipinski definition) is 4. The Morgan fingerprint density at radius 1 is 1.20 bits per heavy atom. The van der Waals surface area contributed by atoms with Crippen LogP contribution in [-0.4, -0.2) is 38.5 Å². The summed E-state index contributed by atoms with van der Waals surface area (Å²) in [5.41, 5.74) is 0. The van der Waals surface area contributed by atoms with Crippen molar-refractivity contribution in [2.24, 2.45) is 0 Å². The van der Waals surface area contributed by atoms with E-state index in [9.17, 15) is 4.79 Å². The third-order valence-corrected chi connectivity index (χ3v) is 1.96. The molecule has 1 atom stereocenters. The van der Waals surface area contributed by atoms with Crippen LogP contribution in [0.4, 0.5) is 0 Å². The largest absolute Gasteiger partial charge is 0.466 e. The van der Waals surface area contributed by atoms with Gasteiger partial charge in [-0.2, -0.15) is 0 Å². The summed E-state index contributed by atoms with van der Waals surface area (Å²) in [6, 6.07) is 0. The molecule has 0 saturated heterocycles. The van der Waals surface area contributed by atoms with Gasteiger partial charge >= 0.3 is 5.97 Å². The fraction of sp³-hybridized carbons (Fsp3) is 0.909. The van der Waals surface area contributed by atoms with E-state index >= 15 is 0 Å². The molecule has 4 heteroatoms. The lowest BCUT2D eigenvalue weighted by molar-refractivity contribution is -0.144. The topological polar surface area (TPSA) is 44.8 Å². The summed E-state index contributed by atoms with van der Waals surface area (Å²) in [7, 11) is 0. The second-order valence-corrected chi connectivity index (χ2v) is 3.26. The van der Waals surface area contributed by atoms with Crippen LogP contribution in [0.5, 0.6) is 0 Å². The lowest BCUT2D eigenvalue weighted by atomic mass is 10.3. The maximum absolute atomic E-state index is 10.9. The van der Waals surface area contributed by atoms with Gasteiger partial charge in [0.05, 0.1) is 39.0 Å². The summed E-state index contributed by atoms with van der Waals surface area (Å²) in [4.78, 5) is 10.9. The molecule has 0 aromatic carbocycles. The molecule has 0 heterocycles. The van der Waals surface area contributed by atoms with Crippen LogP contribution >= 0.6 is 0 Å². The summed E-state index contributed by atoms with van der Waals surface area (Å²) in [6.45, 7) is 7.84. The van der Waals surface area contributed by atoms with Gasteiger partial charge in [-0.15, -0.1) is 0 Å². The Balaban J connectivity index is 3.14. The Kier molecular flexibility index (Phi) is 9.52. The first-order chi connectivity index (χ1) is 7.20. The van der Waals surface area contributed by atoms with Crippen molar-refractivity contribution in [3.63, 3.8) is 0 Å². The molecular formula is C11H22O4. The fourth-order valence-corrected chi connectivity index (χ4v) is 0.917. The highest BCUT2D eigenvalue weighted by molar-refractivity contribution is 5.69. The lowest BCUT2D eigenvalue weighted by Crippen LogP contribution is -2.14. The van der Waals surface area contributed by atoms with Gasteiger partial charge in [0.2, 0.25) is 0 Å². The van der Waals surface area contributed by atoms with Crippen molar-refractivity contribution in [1.82, 2.24) is 0 Å². The number of carbonyl (C=O) groups is 1. The number of rotatable bonds is 9. The molecule has 0 rings (SSSR count). The van der Waals surface area contributed by atoms with Gasteiger partial charge in [-0.3, -0.25) is 4.79 Å². The molecule has 15 heavy (non-hydrogen) atoms. The number of ether oxygens (including phenoxy) is 3. The fourth-order valence-electron chi connectivity index (χ4n) is 0.917. The van der Waals surface area contributed by atoms with E-state index in [4.69, 9.17) is 14.2 Å². The third-order valence-electron chi connectivity index (χ3n) is 1.96. The van der Waals surface area contributed by atoms with E-state index in [1.807, 2.05) is 6.92 Å². The van der Waals surface area contributed by atoms with Crippen molar-refractivity contribution in [1.29, 1.82) is 0 Å². The van der Waals surface area contributed by atoms with E-state index in [0.29, 0.717) is 32.8 Å². The zero-order valence-electron chi connectivity index (χ0n) is 9.95. The van der Waals surface area contributed by atoms with E-state index in [1.54, 1.807) is 6.92 Å². The summed E-state index contributed by atoms with van der Waals surface area (Å²) in [6.07, 6.45) is 1.60. The van der Waals surface area contributed by atoms with Crippen LogP contribution in [0.15, 0.2) is 0 Å². The Morgan fingerprint density at radius 3 is 2.53 bits per heavy atom. The van der Waals surface area contributed by atoms with Crippen LogP contribution < -0.4 is 0 Å². The maximum Gasteiger partial charge on any atom is 0.308 e. The van der Waals surface area contributed by atoms with Crippen molar-refractivity contribution in [3.8, 4) is 0 Å². The molecular weight excluding hydrogens is 196 g/mol. The zero-order valence-corrected chi connectivity index (χ0v) is 9.95. The molecule has 0 amide bonds. The first-order valence-electron chi connectivity index (χ1n) is 5.55. The minimum atomic E-state index is -0.208. The predicted octanol–water partition coefficient (Wildman–Crippen LogP) is 1.77. The molecule has 1 unspecified atom stereocenters. The van der Waals surface area contributed by atoms with Crippen LogP contribution in [0.1, 0.15) is 33.6 Å². The van der Waals surface area contributed by atoms with Crippen LogP contribution in [0.2, 0.25) is 0 Å². The zero-order chi connectivity index (χ0) is 11.5. The Bertz CT molecular complexity index is 159. The van der Waals surface area contributed by atoms with Crippen molar-refractivity contribution in [2.45, 2.75) is 39.7 Å². The van der Waals surface area contributed by atoms with Gasteiger partial charge in [-0.1, -0.05) is 6.92 Å². The molecule has 0 aliphatic heterocycles. The van der Waals surface area contributed by atoms with Crippen LogP contribution in [0, 0.1) is 0 Å². The molecule has 0 spiro atoms. The number of carbonyl (C=O) groups excluding carboxylic acids is 1. The van der Waals surface area contributed by atoms with Gasteiger partial charge in [0.15, 0.2) is 0 Å². The van der Waals surface area contributed by atoms with E-state index in [0.717, 1.165) is 6.42 Å². The molecule has 0 radical (unpaired) electrons. The van der Waals surface area contributed by atoms with Crippen molar-refractivity contribution < 1.29 is 19.0 Å². The Labute approximate surface area is 91.9 Å². The molecule has 0 aromatic heterocycles. The average molecular weight is 218 g/mol. The molecule has 90 valence electrons. The molecule has 0 N–H and O–H groups in total. The van der Waals surface area contributed by atoms with Crippen molar-refractivity contribution in [3.05, 3.63) is 0 Å². The van der Waals surface area contributed by atoms with Gasteiger partial charge in [0.1, 0.15) is 0 Å². The molecule has 0 aliphatic rings. The van der Waals surface area contributed by atoms with E-state index < -0.39 is 0 Å². The number of esters is 1. The highest BCUT2D eigenvalue weighted by Gasteiger charge is 2.01. The predicted molar refractivity (Wildman–Crippen MR) is 57.8 cm³/mol. The van der Waals surface area contributed by atoms with Crippen LogP contribution in [-0.2, 0) is 19.0 Å². The average Bonchev–Trinajstić information content (AvgIpc) is 2.23. The summed E-state index contributed by atoms with van der Waals surface area (Å²) >= 11 is 0. The second kappa shape index (κ2) is 9.93. The number of hydrogen-bond donors (Lipinski definition) is 0. The van der Waals surface area contributed by atoms with Gasteiger partial charge in [-0.25, -0.2) is 0 Å². The van der Waals surface area contributed by atoms with Crippen LogP contribution in [0.3, 0.4) is 0 Å². The molecule has 0 bridgehead atoms. The van der Waals surface area contributed by atoms with Crippen molar-refractivity contribution in [2.75, 3.05) is 26.4 Å². The highest BCUT2D eigenvalue weighted by atomic mass is 16.5. The third kappa shape index (κ3) is 9.69. The quantitative estimate of drug-likeness (QED) is 0.437. The molecule has 0 aromatic rings. The molecule has 0 aliphatic carbocycles. The van der Waals surface area contributed by atoms with E-state index in [1.165, 1.54) is 0 Å². The first-order valence-corrected chi connectivity index (χ1v) is 5.55. The lowest BCUT2D eigenvalue weighted by Gasteiger charge is -2.10. The van der Waals surface area contributed by atoms with Gasteiger partial charge in [0.25, 0.3) is 0 Å². The van der Waals surface area contributed by atoms with E-state index in [-0.39, 0.29) is 12.1 Å². The minimum Gasteiger partial charge on any atom is -0.466 e. The Morgan fingerprint density at radius 2 is 1.93 bits per heavy atom. The maximum atomic E-state index is 10.9. The van der Waals surface area contributed by atoms with Gasteiger partial charge < -0.3 is 14.2 Å². The summed E-state index contributed by atoms with van der Waals surface area (Å²) in [5.74, 6) is -0.208. The highest BCUT2D eigenvalue weighted by Crippen LogP contribution is 1.95. The van der Waals surface area contributed by atoms with Crippen LogP contribution in [0.25, 0.3) is 0 Å². The summed E-state index contributed by atoms with van der Waals surface area (Å²) in [5, 5.41) is 0. The minimum absolute atomic E-state index is 0.208. The molecule has 4 nitrogen and oxygen atoms in total. The van der Waals surface area contributed by atoms with Crippen molar-refractivity contribution >= 4 is 5.97 Å². The van der Waals surface area contributed by atoms with Gasteiger partial charge in [0, 0.05) is 0 Å². The second-order valence-electron chi connectivity index (χ2n) is 3.26. The monoisotopic (exact) mass is 218 g/mol. The standard InChI is InChI=1S/C11H22O4/c1-4-10(3)15-9-8-13-7-6-11(12)14-5-2/h10H,4-9H2,1-3H3. The van der Waals surface area contributed by atoms with E-state index in [2.05, 4.69) is 6.92 Å². The smallest absolute Gasteiger partial charge is 0.308 e. The summed E-state index contributed by atoms with van der Waals surface area (Å²) < 4.78 is 15.4. The first kappa shape index (κ1) is 14.4. The Hall–Kier alpha value is -0.610.